The maximum atomic E-state index is 13.1. The third-order valence-electron chi connectivity index (χ3n) is 7.63. The average molecular weight is 522 g/mol. The summed E-state index contributed by atoms with van der Waals surface area (Å²) >= 11 is 0. The number of aryl methyl sites for hydroxylation is 1. The van der Waals surface area contributed by atoms with Crippen molar-refractivity contribution in [2.24, 2.45) is 5.41 Å². The standard InChI is InChI=1S/C25H30F3N5O4/c1-16-30-21(25(26,27)28)20(36-16)22(34)31-17-6-7-19(29-14-17)33-13-10-24(15-33)8-11-32(12-9-24)23(35)37-18-4-2-3-5-18/h6-7,14,18H,2-5,8-13,15H2,1H3,(H,31,34). The van der Waals surface area contributed by atoms with Gasteiger partial charge in [0.1, 0.15) is 11.9 Å². The zero-order chi connectivity index (χ0) is 26.2. The number of amides is 2. The van der Waals surface area contributed by atoms with Crippen LogP contribution in [0.25, 0.3) is 0 Å². The van der Waals surface area contributed by atoms with Crippen LogP contribution in [0.4, 0.5) is 29.5 Å². The molecule has 0 atom stereocenters. The molecular weight excluding hydrogens is 491 g/mol. The van der Waals surface area contributed by atoms with E-state index in [2.05, 4.69) is 20.2 Å². The molecule has 2 aromatic heterocycles. The minimum absolute atomic E-state index is 0.0655. The molecular formula is C25H30F3N5O4. The molecule has 1 N–H and O–H groups in total. The summed E-state index contributed by atoms with van der Waals surface area (Å²) in [4.78, 5) is 36.6. The molecule has 2 aliphatic heterocycles. The van der Waals surface area contributed by atoms with Crippen molar-refractivity contribution in [3.05, 3.63) is 35.7 Å². The number of hydrogen-bond donors (Lipinski definition) is 1. The lowest BCUT2D eigenvalue weighted by atomic mass is 9.78. The van der Waals surface area contributed by atoms with E-state index in [1.807, 2.05) is 4.90 Å². The number of carbonyl (C=O) groups excluding carboxylic acids is 2. The van der Waals surface area contributed by atoms with Gasteiger partial charge < -0.3 is 24.3 Å². The number of rotatable bonds is 4. The minimum atomic E-state index is -4.80. The molecule has 3 aliphatic rings. The number of aromatic nitrogens is 2. The summed E-state index contributed by atoms with van der Waals surface area (Å²) in [7, 11) is 0. The quantitative estimate of drug-likeness (QED) is 0.603. The topological polar surface area (TPSA) is 101 Å². The van der Waals surface area contributed by atoms with Gasteiger partial charge in [-0.05, 0) is 62.5 Å². The first-order valence-corrected chi connectivity index (χ1v) is 12.6. The first-order chi connectivity index (χ1) is 17.6. The molecule has 200 valence electrons. The van der Waals surface area contributed by atoms with Crippen LogP contribution >= 0.6 is 0 Å². The summed E-state index contributed by atoms with van der Waals surface area (Å²) in [6.45, 7) is 4.23. The Kier molecular flexibility index (Phi) is 6.76. The first kappa shape index (κ1) is 25.3. The van der Waals surface area contributed by atoms with Crippen LogP contribution in [0, 0.1) is 12.3 Å². The van der Waals surface area contributed by atoms with Crippen molar-refractivity contribution in [1.82, 2.24) is 14.9 Å². The fourth-order valence-electron chi connectivity index (χ4n) is 5.53. The summed E-state index contributed by atoms with van der Waals surface area (Å²) in [5, 5.41) is 2.40. The molecule has 1 saturated carbocycles. The number of halogens is 3. The maximum absolute atomic E-state index is 13.1. The summed E-state index contributed by atoms with van der Waals surface area (Å²) in [6, 6.07) is 3.34. The molecule has 5 rings (SSSR count). The SMILES string of the molecule is Cc1nc(C(F)(F)F)c(C(=O)Nc2ccc(N3CCC4(CCN(C(=O)OC5CCCC5)CC4)C3)nc2)o1. The van der Waals surface area contributed by atoms with Gasteiger partial charge in [-0.2, -0.15) is 13.2 Å². The third kappa shape index (κ3) is 5.52. The van der Waals surface area contributed by atoms with Crippen molar-refractivity contribution < 1.29 is 31.9 Å². The van der Waals surface area contributed by atoms with Crippen LogP contribution in [-0.2, 0) is 10.9 Å². The van der Waals surface area contributed by atoms with E-state index in [4.69, 9.17) is 9.15 Å². The zero-order valence-electron chi connectivity index (χ0n) is 20.6. The van der Waals surface area contributed by atoms with Crippen LogP contribution in [0.1, 0.15) is 67.1 Å². The van der Waals surface area contributed by atoms with Crippen molar-refractivity contribution in [2.75, 3.05) is 36.4 Å². The van der Waals surface area contributed by atoms with Crippen LogP contribution < -0.4 is 10.2 Å². The van der Waals surface area contributed by atoms with Crippen LogP contribution in [0.3, 0.4) is 0 Å². The second-order valence-electron chi connectivity index (χ2n) is 10.2. The Labute approximate surface area is 212 Å². The number of piperidine rings is 1. The fourth-order valence-corrected chi connectivity index (χ4v) is 5.53. The number of alkyl halides is 3. The second kappa shape index (κ2) is 9.86. The molecule has 4 heterocycles. The molecule has 1 spiro atoms. The number of hydrogen-bond acceptors (Lipinski definition) is 7. The summed E-state index contributed by atoms with van der Waals surface area (Å²) in [5.74, 6) is -1.44. The van der Waals surface area contributed by atoms with E-state index in [0.29, 0.717) is 13.1 Å². The monoisotopic (exact) mass is 521 g/mol. The van der Waals surface area contributed by atoms with Crippen LogP contribution in [-0.4, -0.2) is 59.2 Å². The Morgan fingerprint density at radius 2 is 1.84 bits per heavy atom. The van der Waals surface area contributed by atoms with Gasteiger partial charge >= 0.3 is 12.3 Å². The number of likely N-dealkylation sites (tertiary alicyclic amines) is 1. The van der Waals surface area contributed by atoms with Crippen molar-refractivity contribution >= 4 is 23.5 Å². The van der Waals surface area contributed by atoms with Crippen LogP contribution in [0.2, 0.25) is 0 Å². The number of anilines is 2. The largest absolute Gasteiger partial charge is 0.446 e. The van der Waals surface area contributed by atoms with E-state index in [1.165, 1.54) is 13.1 Å². The lowest BCUT2D eigenvalue weighted by Crippen LogP contribution is -2.45. The maximum Gasteiger partial charge on any atom is 0.437 e. The van der Waals surface area contributed by atoms with Crippen molar-refractivity contribution in [3.8, 4) is 0 Å². The zero-order valence-corrected chi connectivity index (χ0v) is 20.6. The van der Waals surface area contributed by atoms with Crippen molar-refractivity contribution in [1.29, 1.82) is 0 Å². The molecule has 12 heteroatoms. The Morgan fingerprint density at radius 1 is 1.14 bits per heavy atom. The smallest absolute Gasteiger partial charge is 0.437 e. The van der Waals surface area contributed by atoms with E-state index in [9.17, 15) is 22.8 Å². The highest BCUT2D eigenvalue weighted by Gasteiger charge is 2.43. The molecule has 2 saturated heterocycles. The van der Waals surface area contributed by atoms with Crippen molar-refractivity contribution in [3.63, 3.8) is 0 Å². The van der Waals surface area contributed by atoms with Gasteiger partial charge in [-0.15, -0.1) is 0 Å². The Bertz CT molecular complexity index is 1140. The molecule has 2 amide bonds. The number of nitrogens with one attached hydrogen (secondary N) is 1. The number of ether oxygens (including phenoxy) is 1. The Hall–Kier alpha value is -3.31. The summed E-state index contributed by atoms with van der Waals surface area (Å²) in [5.41, 5.74) is -0.997. The predicted octanol–water partition coefficient (Wildman–Crippen LogP) is 5.02. The molecule has 2 aromatic rings. The van der Waals surface area contributed by atoms with E-state index in [1.54, 1.807) is 12.1 Å². The van der Waals surface area contributed by atoms with Gasteiger partial charge in [0.25, 0.3) is 5.91 Å². The average Bonchev–Trinajstić information content (AvgIpc) is 3.61. The highest BCUT2D eigenvalue weighted by atomic mass is 19.4. The lowest BCUT2D eigenvalue weighted by Gasteiger charge is -2.39. The molecule has 0 radical (unpaired) electrons. The van der Waals surface area contributed by atoms with Gasteiger partial charge in [0, 0.05) is 33.1 Å². The van der Waals surface area contributed by atoms with Gasteiger partial charge in [-0.3, -0.25) is 4.79 Å². The third-order valence-corrected chi connectivity index (χ3v) is 7.63. The van der Waals surface area contributed by atoms with Crippen LogP contribution in [0.15, 0.2) is 22.7 Å². The second-order valence-corrected chi connectivity index (χ2v) is 10.2. The van der Waals surface area contributed by atoms with E-state index in [0.717, 1.165) is 63.9 Å². The van der Waals surface area contributed by atoms with E-state index in [-0.39, 0.29) is 29.2 Å². The van der Waals surface area contributed by atoms with Crippen LogP contribution in [0.5, 0.6) is 0 Å². The van der Waals surface area contributed by atoms with E-state index >= 15 is 0 Å². The van der Waals surface area contributed by atoms with Crippen molar-refractivity contribution in [2.45, 2.75) is 64.1 Å². The van der Waals surface area contributed by atoms with Gasteiger partial charge in [0.2, 0.25) is 5.76 Å². The normalized spacial score (nSPS) is 20.0. The molecule has 0 bridgehead atoms. The summed E-state index contributed by atoms with van der Waals surface area (Å²) < 4.78 is 50.0. The first-order valence-electron chi connectivity index (χ1n) is 12.6. The fraction of sp³-hybridized carbons (Fsp3) is 0.600. The predicted molar refractivity (Wildman–Crippen MR) is 127 cm³/mol. The van der Waals surface area contributed by atoms with Gasteiger partial charge in [0.15, 0.2) is 11.6 Å². The number of carbonyl (C=O) groups is 2. The minimum Gasteiger partial charge on any atom is -0.446 e. The number of nitrogens with zero attached hydrogens (tertiary/aromatic N) is 4. The highest BCUT2D eigenvalue weighted by molar-refractivity contribution is 6.03. The number of pyridine rings is 1. The molecule has 0 unspecified atom stereocenters. The molecule has 3 fully saturated rings. The Balaban J connectivity index is 1.15. The van der Waals surface area contributed by atoms with E-state index < -0.39 is 23.5 Å². The molecule has 1 aliphatic carbocycles. The lowest BCUT2D eigenvalue weighted by molar-refractivity contribution is -0.141. The van der Waals surface area contributed by atoms with Gasteiger partial charge in [0.05, 0.1) is 11.9 Å². The summed E-state index contributed by atoms with van der Waals surface area (Å²) in [6.07, 6.45) is 3.44. The number of oxazole rings is 1. The van der Waals surface area contributed by atoms with Gasteiger partial charge in [-0.25, -0.2) is 14.8 Å². The molecule has 9 nitrogen and oxygen atoms in total. The molecule has 0 aromatic carbocycles. The van der Waals surface area contributed by atoms with Gasteiger partial charge in [-0.1, -0.05) is 0 Å². The highest BCUT2D eigenvalue weighted by Crippen LogP contribution is 2.42. The molecule has 37 heavy (non-hydrogen) atoms. The Morgan fingerprint density at radius 3 is 2.49 bits per heavy atom.